The average molecular weight is 467 g/mol. The highest BCUT2D eigenvalue weighted by atomic mass is 32.1. The van der Waals surface area contributed by atoms with Gasteiger partial charge in [-0.15, -0.1) is 11.3 Å². The molecule has 0 aliphatic rings. The number of nitrogens with zero attached hydrogens (tertiary/aromatic N) is 1. The van der Waals surface area contributed by atoms with Gasteiger partial charge >= 0.3 is 11.9 Å². The van der Waals surface area contributed by atoms with Crippen molar-refractivity contribution in [1.82, 2.24) is 4.90 Å². The fraction of sp³-hybridized carbons (Fsp3) is 0.240. The molecule has 172 valence electrons. The van der Waals surface area contributed by atoms with Gasteiger partial charge in [-0.1, -0.05) is 60.7 Å². The summed E-state index contributed by atoms with van der Waals surface area (Å²) in [6.07, 6.45) is 0. The van der Waals surface area contributed by atoms with Crippen LogP contribution in [-0.2, 0) is 27.4 Å². The lowest BCUT2D eigenvalue weighted by atomic mass is 10.1. The minimum atomic E-state index is -0.625. The molecule has 1 N–H and O–H groups in total. The van der Waals surface area contributed by atoms with E-state index in [0.717, 1.165) is 22.5 Å². The summed E-state index contributed by atoms with van der Waals surface area (Å²) in [6, 6.07) is 19.8. The molecule has 33 heavy (non-hydrogen) atoms. The fourth-order valence-electron chi connectivity index (χ4n) is 3.46. The largest absolute Gasteiger partial charge is 0.465 e. The molecule has 0 aliphatic carbocycles. The first kappa shape index (κ1) is 24.2. The summed E-state index contributed by atoms with van der Waals surface area (Å²) in [5.74, 6) is -1.50. The molecule has 0 atom stereocenters. The van der Waals surface area contributed by atoms with Crippen molar-refractivity contribution >= 4 is 34.2 Å². The first-order chi connectivity index (χ1) is 15.9. The molecule has 3 aromatic rings. The Hall–Kier alpha value is -3.49. The van der Waals surface area contributed by atoms with Crippen LogP contribution in [0, 0.1) is 6.92 Å². The van der Waals surface area contributed by atoms with E-state index in [1.54, 1.807) is 6.92 Å². The highest BCUT2D eigenvalue weighted by Gasteiger charge is 2.27. The number of rotatable bonds is 9. The minimum absolute atomic E-state index is 0.0922. The van der Waals surface area contributed by atoms with Crippen LogP contribution in [0.15, 0.2) is 60.7 Å². The molecule has 0 radical (unpaired) electrons. The number of benzene rings is 2. The van der Waals surface area contributed by atoms with Crippen LogP contribution in [0.5, 0.6) is 0 Å². The molecule has 7 nitrogen and oxygen atoms in total. The van der Waals surface area contributed by atoms with E-state index in [1.807, 2.05) is 65.6 Å². The van der Waals surface area contributed by atoms with Crippen LogP contribution in [-0.4, -0.2) is 43.5 Å². The maximum atomic E-state index is 13.0. The van der Waals surface area contributed by atoms with E-state index in [4.69, 9.17) is 9.47 Å². The van der Waals surface area contributed by atoms with Crippen LogP contribution in [0.1, 0.15) is 36.7 Å². The van der Waals surface area contributed by atoms with Crippen molar-refractivity contribution in [2.24, 2.45) is 0 Å². The molecule has 1 amide bonds. The predicted molar refractivity (Wildman–Crippen MR) is 127 cm³/mol. The SMILES string of the molecule is COC(=O)c1sc(NC(=O)CN(Cc2ccccc2)Cc2ccccc2)c(C(=O)OC)c1C. The molecule has 1 aromatic heterocycles. The minimum Gasteiger partial charge on any atom is -0.465 e. The monoisotopic (exact) mass is 466 g/mol. The quantitative estimate of drug-likeness (QED) is 0.474. The fourth-order valence-corrected chi connectivity index (χ4v) is 4.59. The van der Waals surface area contributed by atoms with E-state index in [-0.39, 0.29) is 27.9 Å². The summed E-state index contributed by atoms with van der Waals surface area (Å²) < 4.78 is 9.66. The van der Waals surface area contributed by atoms with Crippen LogP contribution < -0.4 is 5.32 Å². The van der Waals surface area contributed by atoms with Crippen molar-refractivity contribution in [3.63, 3.8) is 0 Å². The Labute approximate surface area is 196 Å². The molecule has 0 bridgehead atoms. The zero-order chi connectivity index (χ0) is 23.8. The average Bonchev–Trinajstić information content (AvgIpc) is 3.14. The van der Waals surface area contributed by atoms with Gasteiger partial charge in [-0.3, -0.25) is 9.69 Å². The molecule has 2 aromatic carbocycles. The number of hydrogen-bond donors (Lipinski definition) is 1. The molecule has 0 fully saturated rings. The highest BCUT2D eigenvalue weighted by Crippen LogP contribution is 2.34. The number of amides is 1. The smallest absolute Gasteiger partial charge is 0.348 e. The molecular weight excluding hydrogens is 440 g/mol. The second kappa shape index (κ2) is 11.4. The maximum absolute atomic E-state index is 13.0. The Morgan fingerprint density at radius 3 is 1.85 bits per heavy atom. The third-order valence-electron chi connectivity index (χ3n) is 5.03. The third kappa shape index (κ3) is 6.27. The van der Waals surface area contributed by atoms with Gasteiger partial charge in [0.1, 0.15) is 9.88 Å². The van der Waals surface area contributed by atoms with Crippen LogP contribution in [0.25, 0.3) is 0 Å². The summed E-state index contributed by atoms with van der Waals surface area (Å²) >= 11 is 1.00. The number of ether oxygens (including phenoxy) is 2. The summed E-state index contributed by atoms with van der Waals surface area (Å²) in [7, 11) is 2.52. The Balaban J connectivity index is 1.82. The van der Waals surface area contributed by atoms with Crippen LogP contribution >= 0.6 is 11.3 Å². The number of nitrogens with one attached hydrogen (secondary N) is 1. The van der Waals surface area contributed by atoms with Crippen LogP contribution in [0.4, 0.5) is 5.00 Å². The Bertz CT molecular complexity index is 1070. The Morgan fingerprint density at radius 2 is 1.36 bits per heavy atom. The van der Waals surface area contributed by atoms with E-state index in [0.29, 0.717) is 18.7 Å². The number of thiophene rings is 1. The van der Waals surface area contributed by atoms with Gasteiger partial charge < -0.3 is 14.8 Å². The molecular formula is C25H26N2O5S. The lowest BCUT2D eigenvalue weighted by Gasteiger charge is -2.22. The van der Waals surface area contributed by atoms with E-state index >= 15 is 0 Å². The number of anilines is 1. The van der Waals surface area contributed by atoms with Crippen LogP contribution in [0.2, 0.25) is 0 Å². The topological polar surface area (TPSA) is 84.9 Å². The normalized spacial score (nSPS) is 10.7. The lowest BCUT2D eigenvalue weighted by molar-refractivity contribution is -0.117. The van der Waals surface area contributed by atoms with Crippen molar-refractivity contribution in [3.05, 3.63) is 87.8 Å². The van der Waals surface area contributed by atoms with Gasteiger partial charge in [-0.25, -0.2) is 9.59 Å². The predicted octanol–water partition coefficient (Wildman–Crippen LogP) is 4.27. The van der Waals surface area contributed by atoms with Crippen molar-refractivity contribution in [2.45, 2.75) is 20.0 Å². The molecule has 0 spiro atoms. The zero-order valence-electron chi connectivity index (χ0n) is 18.8. The second-order valence-electron chi connectivity index (χ2n) is 7.41. The van der Waals surface area contributed by atoms with Gasteiger partial charge in [-0.2, -0.15) is 0 Å². The molecule has 3 rings (SSSR count). The van der Waals surface area contributed by atoms with Crippen molar-refractivity contribution in [3.8, 4) is 0 Å². The van der Waals surface area contributed by atoms with Gasteiger partial charge in [0.25, 0.3) is 0 Å². The summed E-state index contributed by atoms with van der Waals surface area (Å²) in [4.78, 5) is 39.7. The van der Waals surface area contributed by atoms with E-state index in [2.05, 4.69) is 5.32 Å². The van der Waals surface area contributed by atoms with Crippen molar-refractivity contribution in [1.29, 1.82) is 0 Å². The summed E-state index contributed by atoms with van der Waals surface area (Å²) in [5.41, 5.74) is 2.74. The second-order valence-corrected chi connectivity index (χ2v) is 8.43. The Kier molecular flexibility index (Phi) is 8.34. The maximum Gasteiger partial charge on any atom is 0.348 e. The zero-order valence-corrected chi connectivity index (χ0v) is 19.6. The van der Waals surface area contributed by atoms with Gasteiger partial charge in [0.15, 0.2) is 0 Å². The van der Waals surface area contributed by atoms with E-state index in [1.165, 1.54) is 14.2 Å². The number of esters is 2. The Morgan fingerprint density at radius 1 is 0.848 bits per heavy atom. The first-order valence-electron chi connectivity index (χ1n) is 10.3. The third-order valence-corrected chi connectivity index (χ3v) is 6.21. The van der Waals surface area contributed by atoms with E-state index in [9.17, 15) is 14.4 Å². The van der Waals surface area contributed by atoms with Gasteiger partial charge in [0.2, 0.25) is 5.91 Å². The van der Waals surface area contributed by atoms with Gasteiger partial charge in [-0.05, 0) is 23.6 Å². The number of methoxy groups -OCH3 is 2. The first-order valence-corrected chi connectivity index (χ1v) is 11.1. The number of carbonyl (C=O) groups excluding carboxylic acids is 3. The summed E-state index contributed by atoms with van der Waals surface area (Å²) in [6.45, 7) is 2.87. The van der Waals surface area contributed by atoms with Crippen molar-refractivity contribution < 1.29 is 23.9 Å². The molecule has 0 aliphatic heterocycles. The van der Waals surface area contributed by atoms with Gasteiger partial charge in [0, 0.05) is 13.1 Å². The number of carbonyl (C=O) groups is 3. The lowest BCUT2D eigenvalue weighted by Crippen LogP contribution is -2.32. The highest BCUT2D eigenvalue weighted by molar-refractivity contribution is 7.18. The van der Waals surface area contributed by atoms with Crippen molar-refractivity contribution in [2.75, 3.05) is 26.1 Å². The standard InChI is InChI=1S/C25H26N2O5S/c1-17-21(24(29)31-2)23(33-22(17)25(30)32-3)26-20(28)16-27(14-18-10-6-4-7-11-18)15-19-12-8-5-9-13-19/h4-13H,14-16H2,1-3H3,(H,26,28). The molecule has 8 heteroatoms. The molecule has 0 saturated heterocycles. The molecule has 0 unspecified atom stereocenters. The van der Waals surface area contributed by atoms with Crippen LogP contribution in [0.3, 0.4) is 0 Å². The number of hydrogen-bond acceptors (Lipinski definition) is 7. The van der Waals surface area contributed by atoms with Gasteiger partial charge in [0.05, 0.1) is 26.3 Å². The van der Waals surface area contributed by atoms with E-state index < -0.39 is 11.9 Å². The molecule has 0 saturated carbocycles. The molecule has 1 heterocycles. The summed E-state index contributed by atoms with van der Waals surface area (Å²) in [5, 5.41) is 3.07.